The number of nitro benzene ring substituents is 2. The molecule has 0 unspecified atom stereocenters. The molecule has 1 amide bonds. The summed E-state index contributed by atoms with van der Waals surface area (Å²) >= 11 is 5.12. The molecule has 0 spiro atoms. The minimum Gasteiger partial charge on any atom is -0.332 e. The number of rotatable bonds is 4. The number of aryl methyl sites for hydroxylation is 3. The van der Waals surface area contributed by atoms with Crippen molar-refractivity contribution in [1.82, 2.24) is 5.32 Å². The zero-order valence-electron chi connectivity index (χ0n) is 14.7. The average Bonchev–Trinajstić information content (AvgIpc) is 2.57. The van der Waals surface area contributed by atoms with Crippen molar-refractivity contribution in [3.63, 3.8) is 0 Å². The van der Waals surface area contributed by atoms with Gasteiger partial charge in [0.1, 0.15) is 0 Å². The zero-order chi connectivity index (χ0) is 20.3. The molecule has 27 heavy (non-hydrogen) atoms. The van der Waals surface area contributed by atoms with E-state index in [1.165, 1.54) is 0 Å². The number of benzene rings is 2. The fourth-order valence-corrected chi connectivity index (χ4v) is 2.83. The number of carbonyl (C=O) groups excluding carboxylic acids is 1. The minimum absolute atomic E-state index is 0.0239. The molecule has 2 aromatic rings. The highest BCUT2D eigenvalue weighted by molar-refractivity contribution is 7.80. The monoisotopic (exact) mass is 388 g/mol. The molecule has 2 aromatic carbocycles. The number of thiocarbonyl (C=S) groups is 1. The zero-order valence-corrected chi connectivity index (χ0v) is 15.5. The Kier molecular flexibility index (Phi) is 5.81. The molecule has 2 N–H and O–H groups in total. The van der Waals surface area contributed by atoms with E-state index < -0.39 is 27.1 Å². The number of nitro groups is 2. The molecule has 10 heteroatoms. The maximum atomic E-state index is 12.3. The molecular weight excluding hydrogens is 372 g/mol. The summed E-state index contributed by atoms with van der Waals surface area (Å²) in [7, 11) is 0. The normalized spacial score (nSPS) is 10.2. The van der Waals surface area contributed by atoms with Crippen LogP contribution in [0.5, 0.6) is 0 Å². The summed E-state index contributed by atoms with van der Waals surface area (Å²) in [6.45, 7) is 5.73. The molecule has 140 valence electrons. The van der Waals surface area contributed by atoms with E-state index in [2.05, 4.69) is 10.6 Å². The standard InChI is InChI=1S/C17H16N4O5S/c1-9-4-10(2)15(11(3)5-9)18-17(27)19-16(22)12-6-13(20(23)24)8-14(7-12)21(25)26/h4-8H,1-3H3,(H2,18,19,22,27). The fourth-order valence-electron chi connectivity index (χ4n) is 2.63. The number of nitrogens with one attached hydrogen (secondary N) is 2. The van der Waals surface area contributed by atoms with Crippen LogP contribution >= 0.6 is 12.2 Å². The topological polar surface area (TPSA) is 127 Å². The van der Waals surface area contributed by atoms with Crippen molar-refractivity contribution in [3.05, 3.63) is 72.8 Å². The molecule has 0 aromatic heterocycles. The van der Waals surface area contributed by atoms with Gasteiger partial charge in [-0.05, 0) is 44.1 Å². The molecule has 0 saturated heterocycles. The van der Waals surface area contributed by atoms with Crippen molar-refractivity contribution in [2.24, 2.45) is 0 Å². The second kappa shape index (κ2) is 7.87. The van der Waals surface area contributed by atoms with E-state index in [0.717, 1.165) is 40.6 Å². The Morgan fingerprint density at radius 2 is 1.41 bits per heavy atom. The summed E-state index contributed by atoms with van der Waals surface area (Å²) in [6.07, 6.45) is 0. The molecule has 9 nitrogen and oxygen atoms in total. The Morgan fingerprint density at radius 1 is 0.926 bits per heavy atom. The van der Waals surface area contributed by atoms with Gasteiger partial charge in [-0.15, -0.1) is 0 Å². The van der Waals surface area contributed by atoms with Gasteiger partial charge in [-0.2, -0.15) is 0 Å². The van der Waals surface area contributed by atoms with Crippen molar-refractivity contribution in [2.45, 2.75) is 20.8 Å². The van der Waals surface area contributed by atoms with Crippen LogP contribution in [0.3, 0.4) is 0 Å². The third-order valence-electron chi connectivity index (χ3n) is 3.73. The third-order valence-corrected chi connectivity index (χ3v) is 3.93. The molecule has 0 radical (unpaired) electrons. The molecule has 0 saturated carbocycles. The van der Waals surface area contributed by atoms with Gasteiger partial charge in [0.2, 0.25) is 0 Å². The Hall–Kier alpha value is -3.40. The van der Waals surface area contributed by atoms with Gasteiger partial charge in [-0.25, -0.2) is 0 Å². The second-order valence-electron chi connectivity index (χ2n) is 5.93. The molecule has 2 rings (SSSR count). The average molecular weight is 388 g/mol. The molecule has 0 atom stereocenters. The lowest BCUT2D eigenvalue weighted by molar-refractivity contribution is -0.394. The van der Waals surface area contributed by atoms with Crippen molar-refractivity contribution in [3.8, 4) is 0 Å². The maximum Gasteiger partial charge on any atom is 0.277 e. The highest BCUT2D eigenvalue weighted by atomic mass is 32.1. The van der Waals surface area contributed by atoms with Crippen LogP contribution in [0.15, 0.2) is 30.3 Å². The summed E-state index contributed by atoms with van der Waals surface area (Å²) < 4.78 is 0. The highest BCUT2D eigenvalue weighted by Crippen LogP contribution is 2.23. The molecule has 0 aliphatic heterocycles. The molecule has 0 bridgehead atoms. The Balaban J connectivity index is 2.23. The smallest absolute Gasteiger partial charge is 0.277 e. The first-order valence-electron chi connectivity index (χ1n) is 7.72. The van der Waals surface area contributed by atoms with Crippen LogP contribution in [0.1, 0.15) is 27.0 Å². The third kappa shape index (κ3) is 4.82. The summed E-state index contributed by atoms with van der Waals surface area (Å²) in [5, 5.41) is 27.1. The first-order valence-corrected chi connectivity index (χ1v) is 8.13. The SMILES string of the molecule is Cc1cc(C)c(NC(=S)NC(=O)c2cc([N+](=O)[O-])cc([N+](=O)[O-])c2)c(C)c1. The second-order valence-corrected chi connectivity index (χ2v) is 6.34. The Bertz CT molecular complexity index is 919. The summed E-state index contributed by atoms with van der Waals surface area (Å²) in [4.78, 5) is 32.6. The van der Waals surface area contributed by atoms with Gasteiger partial charge < -0.3 is 5.32 Å². The van der Waals surface area contributed by atoms with E-state index in [0.29, 0.717) is 0 Å². The highest BCUT2D eigenvalue weighted by Gasteiger charge is 2.20. The van der Waals surface area contributed by atoms with Crippen molar-refractivity contribution < 1.29 is 14.6 Å². The van der Waals surface area contributed by atoms with Gasteiger partial charge >= 0.3 is 0 Å². The first kappa shape index (κ1) is 19.9. The number of hydrogen-bond acceptors (Lipinski definition) is 6. The Labute approximate surface area is 159 Å². The molecular formula is C17H16N4O5S. The largest absolute Gasteiger partial charge is 0.332 e. The van der Waals surface area contributed by atoms with Crippen LogP contribution in [-0.4, -0.2) is 20.9 Å². The van der Waals surface area contributed by atoms with Crippen LogP contribution in [0.25, 0.3) is 0 Å². The number of anilines is 1. The number of nitrogens with zero attached hydrogens (tertiary/aromatic N) is 2. The van der Waals surface area contributed by atoms with Gasteiger partial charge in [0, 0.05) is 17.8 Å². The molecule has 0 aliphatic carbocycles. The van der Waals surface area contributed by atoms with Crippen LogP contribution in [-0.2, 0) is 0 Å². The lowest BCUT2D eigenvalue weighted by Gasteiger charge is -2.15. The van der Waals surface area contributed by atoms with E-state index >= 15 is 0 Å². The summed E-state index contributed by atoms with van der Waals surface area (Å²) in [5.41, 5.74) is 2.31. The number of carbonyl (C=O) groups is 1. The molecule has 0 heterocycles. The van der Waals surface area contributed by atoms with Gasteiger partial charge in [0.25, 0.3) is 17.3 Å². The van der Waals surface area contributed by atoms with E-state index in [1.54, 1.807) is 0 Å². The van der Waals surface area contributed by atoms with Crippen molar-refractivity contribution >= 4 is 40.3 Å². The van der Waals surface area contributed by atoms with Gasteiger partial charge in [0.05, 0.1) is 21.5 Å². The summed E-state index contributed by atoms with van der Waals surface area (Å²) in [5.74, 6) is -0.790. The molecule has 0 fully saturated rings. The molecule has 0 aliphatic rings. The number of amides is 1. The quantitative estimate of drug-likeness (QED) is 0.466. The van der Waals surface area contributed by atoms with E-state index in [-0.39, 0.29) is 10.7 Å². The van der Waals surface area contributed by atoms with Gasteiger partial charge in [-0.1, -0.05) is 17.7 Å². The maximum absolute atomic E-state index is 12.3. The number of hydrogen-bond donors (Lipinski definition) is 2. The lowest BCUT2D eigenvalue weighted by atomic mass is 10.1. The van der Waals surface area contributed by atoms with Gasteiger partial charge in [-0.3, -0.25) is 30.3 Å². The number of non-ortho nitro benzene ring substituents is 2. The van der Waals surface area contributed by atoms with Crippen LogP contribution in [0.4, 0.5) is 17.1 Å². The van der Waals surface area contributed by atoms with Crippen molar-refractivity contribution in [2.75, 3.05) is 5.32 Å². The van der Waals surface area contributed by atoms with Crippen LogP contribution < -0.4 is 10.6 Å². The van der Waals surface area contributed by atoms with E-state index in [4.69, 9.17) is 12.2 Å². The Morgan fingerprint density at radius 3 is 1.85 bits per heavy atom. The predicted octanol–water partition coefficient (Wildman–Crippen LogP) is 3.56. The van der Waals surface area contributed by atoms with E-state index in [9.17, 15) is 25.0 Å². The van der Waals surface area contributed by atoms with E-state index in [1.807, 2.05) is 32.9 Å². The van der Waals surface area contributed by atoms with Crippen LogP contribution in [0.2, 0.25) is 0 Å². The fraction of sp³-hybridized carbons (Fsp3) is 0.176. The van der Waals surface area contributed by atoms with Crippen LogP contribution in [0, 0.1) is 41.0 Å². The predicted molar refractivity (Wildman–Crippen MR) is 104 cm³/mol. The van der Waals surface area contributed by atoms with Crippen molar-refractivity contribution in [1.29, 1.82) is 0 Å². The van der Waals surface area contributed by atoms with Gasteiger partial charge in [0.15, 0.2) is 5.11 Å². The lowest BCUT2D eigenvalue weighted by Crippen LogP contribution is -2.34. The summed E-state index contributed by atoms with van der Waals surface area (Å²) in [6, 6.07) is 6.58. The minimum atomic E-state index is -0.806. The first-order chi connectivity index (χ1) is 12.6.